The lowest BCUT2D eigenvalue weighted by molar-refractivity contribution is -0.131. The van der Waals surface area contributed by atoms with Gasteiger partial charge in [0.1, 0.15) is 5.54 Å². The molecule has 3 aliphatic rings. The zero-order chi connectivity index (χ0) is 17.6. The number of carbonyl (C=O) groups excluding carboxylic acids is 3. The molecule has 4 amide bonds. The topological polar surface area (TPSA) is 69.7 Å². The van der Waals surface area contributed by atoms with Gasteiger partial charge in [0.25, 0.3) is 5.91 Å². The number of rotatable bonds is 3. The summed E-state index contributed by atoms with van der Waals surface area (Å²) >= 11 is 0. The standard InChI is InChI=1S/C19H23N3O3/c1-13-5-4-6-15(9-13)21-11-14(10-16(21)23)12-22-17(24)19(20-18(22)25)7-2-3-8-19/h4-6,9,14H,2-3,7-8,10-12H2,1H3,(H,20,25). The zero-order valence-corrected chi connectivity index (χ0v) is 14.5. The monoisotopic (exact) mass is 341 g/mol. The van der Waals surface area contributed by atoms with E-state index in [2.05, 4.69) is 5.32 Å². The summed E-state index contributed by atoms with van der Waals surface area (Å²) in [4.78, 5) is 40.6. The first-order chi connectivity index (χ1) is 12.0. The van der Waals surface area contributed by atoms with Crippen molar-refractivity contribution in [2.24, 2.45) is 5.92 Å². The highest BCUT2D eigenvalue weighted by atomic mass is 16.2. The van der Waals surface area contributed by atoms with Crippen LogP contribution in [-0.4, -0.2) is 41.4 Å². The molecule has 6 heteroatoms. The molecular weight excluding hydrogens is 318 g/mol. The van der Waals surface area contributed by atoms with Crippen LogP contribution >= 0.6 is 0 Å². The van der Waals surface area contributed by atoms with E-state index < -0.39 is 5.54 Å². The Balaban J connectivity index is 1.46. The van der Waals surface area contributed by atoms with Crippen molar-refractivity contribution in [2.75, 3.05) is 18.0 Å². The number of nitrogens with zero attached hydrogens (tertiary/aromatic N) is 2. The SMILES string of the molecule is Cc1cccc(N2CC(CN3C(=O)NC4(CCCC4)C3=O)CC2=O)c1. The number of hydrogen-bond acceptors (Lipinski definition) is 3. The Bertz CT molecular complexity index is 739. The molecule has 132 valence electrons. The summed E-state index contributed by atoms with van der Waals surface area (Å²) in [5, 5.41) is 2.90. The van der Waals surface area contributed by atoms with Crippen LogP contribution in [-0.2, 0) is 9.59 Å². The number of hydrogen-bond donors (Lipinski definition) is 1. The molecule has 3 fully saturated rings. The van der Waals surface area contributed by atoms with E-state index in [0.29, 0.717) is 19.5 Å². The van der Waals surface area contributed by atoms with Crippen LogP contribution < -0.4 is 10.2 Å². The number of nitrogens with one attached hydrogen (secondary N) is 1. The Morgan fingerprint density at radius 1 is 1.20 bits per heavy atom. The van der Waals surface area contributed by atoms with Crippen LogP contribution in [0.5, 0.6) is 0 Å². The van der Waals surface area contributed by atoms with Gasteiger partial charge in [-0.3, -0.25) is 14.5 Å². The second-order valence-electron chi connectivity index (χ2n) is 7.55. The van der Waals surface area contributed by atoms with Crippen molar-refractivity contribution in [3.05, 3.63) is 29.8 Å². The summed E-state index contributed by atoms with van der Waals surface area (Å²) in [6.45, 7) is 2.86. The Kier molecular flexibility index (Phi) is 3.78. The largest absolute Gasteiger partial charge is 0.325 e. The van der Waals surface area contributed by atoms with Gasteiger partial charge in [0.05, 0.1) is 0 Å². The predicted molar refractivity (Wildman–Crippen MR) is 93.1 cm³/mol. The minimum absolute atomic E-state index is 0.0146. The molecule has 1 aromatic carbocycles. The van der Waals surface area contributed by atoms with Crippen molar-refractivity contribution in [3.8, 4) is 0 Å². The second-order valence-corrected chi connectivity index (χ2v) is 7.55. The maximum atomic E-state index is 12.7. The van der Waals surface area contributed by atoms with Crippen molar-refractivity contribution in [2.45, 2.75) is 44.6 Å². The highest BCUT2D eigenvalue weighted by Crippen LogP contribution is 2.36. The molecule has 1 N–H and O–H groups in total. The van der Waals surface area contributed by atoms with E-state index in [-0.39, 0.29) is 23.8 Å². The molecule has 2 aliphatic heterocycles. The van der Waals surface area contributed by atoms with E-state index in [1.807, 2.05) is 31.2 Å². The first kappa shape index (κ1) is 16.1. The molecule has 25 heavy (non-hydrogen) atoms. The third kappa shape index (κ3) is 2.69. The molecule has 0 bridgehead atoms. The number of anilines is 1. The quantitative estimate of drug-likeness (QED) is 0.857. The molecule has 1 saturated carbocycles. The van der Waals surface area contributed by atoms with Gasteiger partial charge in [0.15, 0.2) is 0 Å². The van der Waals surface area contributed by atoms with Gasteiger partial charge in [0.2, 0.25) is 5.91 Å². The average molecular weight is 341 g/mol. The van der Waals surface area contributed by atoms with Crippen LogP contribution in [0.4, 0.5) is 10.5 Å². The van der Waals surface area contributed by atoms with Gasteiger partial charge in [-0.25, -0.2) is 4.79 Å². The summed E-state index contributed by atoms with van der Waals surface area (Å²) in [5.74, 6) is -0.0612. The molecule has 4 rings (SSSR count). The van der Waals surface area contributed by atoms with Gasteiger partial charge >= 0.3 is 6.03 Å². The molecule has 1 aliphatic carbocycles. The first-order valence-corrected chi connectivity index (χ1v) is 9.00. The van der Waals surface area contributed by atoms with Gasteiger partial charge in [-0.1, -0.05) is 25.0 Å². The molecule has 1 atom stereocenters. The van der Waals surface area contributed by atoms with E-state index in [1.54, 1.807) is 4.90 Å². The molecule has 0 aromatic heterocycles. The molecule has 6 nitrogen and oxygen atoms in total. The molecule has 1 unspecified atom stereocenters. The van der Waals surface area contributed by atoms with E-state index in [0.717, 1.165) is 36.9 Å². The number of aryl methyl sites for hydroxylation is 1. The summed E-state index contributed by atoms with van der Waals surface area (Å²) < 4.78 is 0. The molecule has 1 spiro atoms. The summed E-state index contributed by atoms with van der Waals surface area (Å²) in [5.41, 5.74) is 1.32. The van der Waals surface area contributed by atoms with Crippen molar-refractivity contribution < 1.29 is 14.4 Å². The number of carbonyl (C=O) groups is 3. The van der Waals surface area contributed by atoms with Gasteiger partial charge in [-0.2, -0.15) is 0 Å². The maximum Gasteiger partial charge on any atom is 0.325 e. The van der Waals surface area contributed by atoms with Gasteiger partial charge in [0, 0.05) is 31.1 Å². The van der Waals surface area contributed by atoms with Crippen LogP contribution in [0.2, 0.25) is 0 Å². The summed E-state index contributed by atoms with van der Waals surface area (Å²) in [6, 6.07) is 7.55. The maximum absolute atomic E-state index is 12.7. The second kappa shape index (κ2) is 5.86. The van der Waals surface area contributed by atoms with Crippen LogP contribution in [0.15, 0.2) is 24.3 Å². The van der Waals surface area contributed by atoms with Gasteiger partial charge < -0.3 is 10.2 Å². The van der Waals surface area contributed by atoms with Crippen molar-refractivity contribution in [3.63, 3.8) is 0 Å². The molecular formula is C19H23N3O3. The number of benzene rings is 1. The fourth-order valence-corrected chi connectivity index (χ4v) is 4.37. The van der Waals surface area contributed by atoms with Gasteiger partial charge in [-0.05, 0) is 37.5 Å². The lowest BCUT2D eigenvalue weighted by atomic mass is 9.97. The highest BCUT2D eigenvalue weighted by molar-refractivity contribution is 6.07. The fraction of sp³-hybridized carbons (Fsp3) is 0.526. The normalized spacial score (nSPS) is 25.3. The summed E-state index contributed by atoms with van der Waals surface area (Å²) in [7, 11) is 0. The Labute approximate surface area is 147 Å². The smallest absolute Gasteiger partial charge is 0.323 e. The third-order valence-corrected chi connectivity index (χ3v) is 5.66. The Morgan fingerprint density at radius 3 is 2.68 bits per heavy atom. The van der Waals surface area contributed by atoms with Gasteiger partial charge in [-0.15, -0.1) is 0 Å². The van der Waals surface area contributed by atoms with Crippen LogP contribution in [0, 0.1) is 12.8 Å². The van der Waals surface area contributed by atoms with Crippen molar-refractivity contribution >= 4 is 23.5 Å². The molecule has 1 aromatic rings. The Hall–Kier alpha value is -2.37. The van der Waals surface area contributed by atoms with E-state index >= 15 is 0 Å². The lowest BCUT2D eigenvalue weighted by Gasteiger charge is -2.22. The van der Waals surface area contributed by atoms with Crippen molar-refractivity contribution in [1.82, 2.24) is 10.2 Å². The van der Waals surface area contributed by atoms with Crippen LogP contribution in [0.1, 0.15) is 37.7 Å². The van der Waals surface area contributed by atoms with Crippen LogP contribution in [0.3, 0.4) is 0 Å². The van der Waals surface area contributed by atoms with E-state index in [1.165, 1.54) is 4.90 Å². The first-order valence-electron chi connectivity index (χ1n) is 9.00. The zero-order valence-electron chi connectivity index (χ0n) is 14.5. The number of imide groups is 1. The lowest BCUT2D eigenvalue weighted by Crippen LogP contribution is -2.44. The predicted octanol–water partition coefficient (Wildman–Crippen LogP) is 2.21. The molecule has 2 heterocycles. The van der Waals surface area contributed by atoms with E-state index in [9.17, 15) is 14.4 Å². The molecule has 0 radical (unpaired) electrons. The van der Waals surface area contributed by atoms with Crippen LogP contribution in [0.25, 0.3) is 0 Å². The molecule has 2 saturated heterocycles. The number of urea groups is 1. The third-order valence-electron chi connectivity index (χ3n) is 5.66. The Morgan fingerprint density at radius 2 is 1.96 bits per heavy atom. The fourth-order valence-electron chi connectivity index (χ4n) is 4.37. The minimum atomic E-state index is -0.671. The highest BCUT2D eigenvalue weighted by Gasteiger charge is 2.53. The average Bonchev–Trinajstić information content (AvgIpc) is 3.24. The van der Waals surface area contributed by atoms with E-state index in [4.69, 9.17) is 0 Å². The number of amides is 4. The minimum Gasteiger partial charge on any atom is -0.323 e. The van der Waals surface area contributed by atoms with Crippen molar-refractivity contribution in [1.29, 1.82) is 0 Å². The summed E-state index contributed by atoms with van der Waals surface area (Å²) in [6.07, 6.45) is 3.78.